The van der Waals surface area contributed by atoms with Crippen LogP contribution in [0.15, 0.2) is 176 Å². The van der Waals surface area contributed by atoms with Crippen LogP contribution < -0.4 is 0 Å². The molecule has 0 bridgehead atoms. The molecule has 0 spiro atoms. The normalized spacial score (nSPS) is 11.6. The molecule has 0 atom stereocenters. The molecule has 50 heavy (non-hydrogen) atoms. The third kappa shape index (κ3) is 4.45. The number of aromatic nitrogens is 5. The van der Waals surface area contributed by atoms with E-state index < -0.39 is 0 Å². The molecule has 6 aromatic carbocycles. The maximum absolute atomic E-state index is 5.22. The SMILES string of the molecule is c1ccc(-c2cc(-c3ccccc3)nc(-n3c4cc(-c5cccc6c5c5ccccc5n6-c5ccccc5)ccc4c4ncccc43)n2)cc1. The molecule has 0 N–H and O–H groups in total. The van der Waals surface area contributed by atoms with E-state index in [0.717, 1.165) is 55.7 Å². The molecule has 0 radical (unpaired) electrons. The molecule has 4 heterocycles. The van der Waals surface area contributed by atoms with E-state index in [2.05, 4.69) is 137 Å². The molecule has 0 saturated heterocycles. The minimum absolute atomic E-state index is 0.606. The fourth-order valence-corrected chi connectivity index (χ4v) is 7.38. The monoisotopic (exact) mass is 639 g/mol. The molecule has 0 fully saturated rings. The van der Waals surface area contributed by atoms with E-state index in [1.54, 1.807) is 0 Å². The van der Waals surface area contributed by atoms with Crippen LogP contribution in [0.25, 0.3) is 89.0 Å². The van der Waals surface area contributed by atoms with Crippen LogP contribution >= 0.6 is 0 Å². The molecule has 0 aliphatic heterocycles. The zero-order valence-electron chi connectivity index (χ0n) is 27.0. The predicted molar refractivity (Wildman–Crippen MR) is 205 cm³/mol. The standard InChI is InChI=1S/C45H29N5/c1-4-14-30(15-5-1)37-29-38(31-16-6-2-7-17-31)48-45(47-37)50-41-24-13-27-46-44(41)36-26-25-32(28-42(36)50)34-21-12-23-40-43(34)35-20-10-11-22-39(35)49(40)33-18-8-3-9-19-33/h1-29H. The number of hydrogen-bond acceptors (Lipinski definition) is 3. The van der Waals surface area contributed by atoms with Crippen LogP contribution in [-0.2, 0) is 0 Å². The Morgan fingerprint density at radius 2 is 1.04 bits per heavy atom. The van der Waals surface area contributed by atoms with Gasteiger partial charge in [-0.3, -0.25) is 9.55 Å². The predicted octanol–water partition coefficient (Wildman–Crippen LogP) is 11.1. The van der Waals surface area contributed by atoms with Crippen molar-refractivity contribution in [3.05, 3.63) is 176 Å². The maximum Gasteiger partial charge on any atom is 0.235 e. The van der Waals surface area contributed by atoms with Crippen molar-refractivity contribution in [3.63, 3.8) is 0 Å². The third-order valence-electron chi connectivity index (χ3n) is 9.60. The summed E-state index contributed by atoms with van der Waals surface area (Å²) in [5.74, 6) is 0.606. The van der Waals surface area contributed by atoms with Gasteiger partial charge in [-0.05, 0) is 65.7 Å². The minimum atomic E-state index is 0.606. The summed E-state index contributed by atoms with van der Waals surface area (Å²) in [5.41, 5.74) is 12.5. The van der Waals surface area contributed by atoms with Gasteiger partial charge in [0.2, 0.25) is 5.95 Å². The smallest absolute Gasteiger partial charge is 0.235 e. The van der Waals surface area contributed by atoms with Gasteiger partial charge in [0.1, 0.15) is 0 Å². The second-order valence-corrected chi connectivity index (χ2v) is 12.5. The van der Waals surface area contributed by atoms with Crippen LogP contribution in [0, 0.1) is 0 Å². The van der Waals surface area contributed by atoms with E-state index in [1.165, 1.54) is 27.4 Å². The van der Waals surface area contributed by atoms with Gasteiger partial charge in [0.05, 0.1) is 39.0 Å². The molecule has 10 rings (SSSR count). The molecule has 4 aromatic heterocycles. The van der Waals surface area contributed by atoms with E-state index in [-0.39, 0.29) is 0 Å². The van der Waals surface area contributed by atoms with Gasteiger partial charge in [-0.25, -0.2) is 9.97 Å². The summed E-state index contributed by atoms with van der Waals surface area (Å²) in [7, 11) is 0. The Labute approximate surface area is 288 Å². The highest BCUT2D eigenvalue weighted by atomic mass is 15.2. The first-order chi connectivity index (χ1) is 24.8. The van der Waals surface area contributed by atoms with Gasteiger partial charge in [0.15, 0.2) is 0 Å². The topological polar surface area (TPSA) is 48.5 Å². The number of benzene rings is 6. The second-order valence-electron chi connectivity index (χ2n) is 12.5. The summed E-state index contributed by atoms with van der Waals surface area (Å²) < 4.78 is 4.54. The Bertz CT molecular complexity index is 2800. The van der Waals surface area contributed by atoms with Crippen molar-refractivity contribution in [2.75, 3.05) is 0 Å². The maximum atomic E-state index is 5.22. The summed E-state index contributed by atoms with van der Waals surface area (Å²) in [6.45, 7) is 0. The minimum Gasteiger partial charge on any atom is -0.309 e. The lowest BCUT2D eigenvalue weighted by Crippen LogP contribution is -2.04. The lowest BCUT2D eigenvalue weighted by Gasteiger charge is -2.12. The van der Waals surface area contributed by atoms with E-state index in [4.69, 9.17) is 15.0 Å². The van der Waals surface area contributed by atoms with Gasteiger partial charge >= 0.3 is 0 Å². The molecule has 5 nitrogen and oxygen atoms in total. The summed E-state index contributed by atoms with van der Waals surface area (Å²) in [4.78, 5) is 15.3. The zero-order valence-corrected chi connectivity index (χ0v) is 27.0. The summed E-state index contributed by atoms with van der Waals surface area (Å²) >= 11 is 0. The molecule has 0 unspecified atom stereocenters. The summed E-state index contributed by atoms with van der Waals surface area (Å²) in [6.07, 6.45) is 1.86. The van der Waals surface area contributed by atoms with E-state index in [9.17, 15) is 0 Å². The molecule has 234 valence electrons. The molecule has 10 aromatic rings. The number of pyridine rings is 1. The van der Waals surface area contributed by atoms with Gasteiger partial charge in [-0.2, -0.15) is 0 Å². The quantitative estimate of drug-likeness (QED) is 0.188. The number of nitrogens with zero attached hydrogens (tertiary/aromatic N) is 5. The van der Waals surface area contributed by atoms with Crippen molar-refractivity contribution in [3.8, 4) is 45.3 Å². The number of fused-ring (bicyclic) bond motifs is 6. The van der Waals surface area contributed by atoms with Gasteiger partial charge in [0, 0.05) is 39.2 Å². The molecule has 0 aliphatic carbocycles. The first-order valence-electron chi connectivity index (χ1n) is 16.8. The summed E-state index contributed by atoms with van der Waals surface area (Å²) in [6, 6.07) is 59.4. The first kappa shape index (κ1) is 28.2. The molecule has 0 saturated carbocycles. The Hall–Kier alpha value is -6.85. The fraction of sp³-hybridized carbons (Fsp3) is 0. The van der Waals surface area contributed by atoms with Gasteiger partial charge in [-0.15, -0.1) is 0 Å². The molecule has 5 heteroatoms. The van der Waals surface area contributed by atoms with Crippen LogP contribution in [0.5, 0.6) is 0 Å². The van der Waals surface area contributed by atoms with Crippen LogP contribution in [0.3, 0.4) is 0 Å². The summed E-state index contributed by atoms with van der Waals surface area (Å²) in [5, 5.41) is 3.50. The molecule has 0 aliphatic rings. The van der Waals surface area contributed by atoms with Crippen molar-refractivity contribution in [1.29, 1.82) is 0 Å². The second kappa shape index (κ2) is 11.4. The van der Waals surface area contributed by atoms with Crippen LogP contribution in [0.1, 0.15) is 0 Å². The fourth-order valence-electron chi connectivity index (χ4n) is 7.38. The lowest BCUT2D eigenvalue weighted by atomic mass is 9.98. The van der Waals surface area contributed by atoms with Gasteiger partial charge in [0.25, 0.3) is 0 Å². The van der Waals surface area contributed by atoms with Crippen molar-refractivity contribution in [2.24, 2.45) is 0 Å². The average molecular weight is 640 g/mol. The van der Waals surface area contributed by atoms with Crippen LogP contribution in [0.4, 0.5) is 0 Å². The van der Waals surface area contributed by atoms with E-state index in [1.807, 2.05) is 48.7 Å². The van der Waals surface area contributed by atoms with Crippen molar-refractivity contribution < 1.29 is 0 Å². The number of hydrogen-bond donors (Lipinski definition) is 0. The van der Waals surface area contributed by atoms with Gasteiger partial charge < -0.3 is 4.57 Å². The van der Waals surface area contributed by atoms with Crippen LogP contribution in [-0.4, -0.2) is 24.1 Å². The lowest BCUT2D eigenvalue weighted by molar-refractivity contribution is 0.994. The largest absolute Gasteiger partial charge is 0.309 e. The Kier molecular flexibility index (Phi) is 6.42. The zero-order chi connectivity index (χ0) is 33.0. The van der Waals surface area contributed by atoms with Crippen molar-refractivity contribution in [1.82, 2.24) is 24.1 Å². The Morgan fingerprint density at radius 1 is 0.400 bits per heavy atom. The number of rotatable bonds is 5. The molecule has 0 amide bonds. The Morgan fingerprint density at radius 3 is 1.78 bits per heavy atom. The Balaban J connectivity index is 1.25. The highest BCUT2D eigenvalue weighted by molar-refractivity contribution is 6.16. The molecular weight excluding hydrogens is 611 g/mol. The van der Waals surface area contributed by atoms with Crippen LogP contribution in [0.2, 0.25) is 0 Å². The third-order valence-corrected chi connectivity index (χ3v) is 9.60. The average Bonchev–Trinajstić information content (AvgIpc) is 3.71. The van der Waals surface area contributed by atoms with E-state index >= 15 is 0 Å². The van der Waals surface area contributed by atoms with Gasteiger partial charge in [-0.1, -0.05) is 115 Å². The number of para-hydroxylation sites is 2. The molecular formula is C45H29N5. The van der Waals surface area contributed by atoms with Crippen molar-refractivity contribution >= 4 is 43.7 Å². The first-order valence-corrected chi connectivity index (χ1v) is 16.8. The highest BCUT2D eigenvalue weighted by Crippen LogP contribution is 2.40. The van der Waals surface area contributed by atoms with Crippen molar-refractivity contribution in [2.45, 2.75) is 0 Å². The highest BCUT2D eigenvalue weighted by Gasteiger charge is 2.20. The van der Waals surface area contributed by atoms with E-state index in [0.29, 0.717) is 5.95 Å².